The van der Waals surface area contributed by atoms with Gasteiger partial charge < -0.3 is 11.1 Å². The first-order valence-corrected chi connectivity index (χ1v) is 7.48. The third-order valence-electron chi connectivity index (χ3n) is 2.79. The minimum atomic E-state index is -0.471. The van der Waals surface area contributed by atoms with Crippen molar-refractivity contribution in [1.82, 2.24) is 10.3 Å². The molecule has 0 saturated carbocycles. The third kappa shape index (κ3) is 4.61. The molecule has 0 aliphatic rings. The molecule has 1 amide bonds. The fourth-order valence-corrected chi connectivity index (χ4v) is 2.50. The molecule has 0 radical (unpaired) electrons. The highest BCUT2D eigenvalue weighted by atomic mass is 32.1. The number of rotatable bonds is 5. The summed E-state index contributed by atoms with van der Waals surface area (Å²) in [6, 6.07) is 6.56. The Hall–Kier alpha value is -1.79. The molecule has 3 N–H and O–H groups in total. The number of hydrogen-bond acceptors (Lipinski definition) is 4. The van der Waals surface area contributed by atoms with Crippen molar-refractivity contribution in [3.8, 4) is 0 Å². The van der Waals surface area contributed by atoms with Gasteiger partial charge in [0.05, 0.1) is 5.01 Å². The summed E-state index contributed by atoms with van der Waals surface area (Å²) in [5.74, 6) is -0.520. The van der Waals surface area contributed by atoms with E-state index >= 15 is 0 Å². The number of nitrogens with one attached hydrogen (secondary N) is 1. The van der Waals surface area contributed by atoms with E-state index in [1.165, 1.54) is 17.4 Å². The van der Waals surface area contributed by atoms with Gasteiger partial charge in [-0.15, -0.1) is 11.3 Å². The predicted molar refractivity (Wildman–Crippen MR) is 81.9 cm³/mol. The van der Waals surface area contributed by atoms with Gasteiger partial charge in [-0.1, -0.05) is 18.2 Å². The summed E-state index contributed by atoms with van der Waals surface area (Å²) in [5, 5.41) is 5.12. The van der Waals surface area contributed by atoms with Gasteiger partial charge in [0, 0.05) is 23.9 Å². The largest absolute Gasteiger partial charge is 0.349 e. The maximum absolute atomic E-state index is 13.6. The molecule has 0 fully saturated rings. The Morgan fingerprint density at radius 2 is 2.14 bits per heavy atom. The molecule has 2 aromatic rings. The molecule has 0 saturated heterocycles. The van der Waals surface area contributed by atoms with Crippen molar-refractivity contribution in [1.29, 1.82) is 0 Å². The molecule has 0 spiro atoms. The molecule has 1 aromatic heterocycles. The maximum Gasteiger partial charge on any atom is 0.270 e. The molecule has 0 bridgehead atoms. The van der Waals surface area contributed by atoms with Crippen LogP contribution in [0.2, 0.25) is 0 Å². The molecule has 0 unspecified atom stereocenters. The van der Waals surface area contributed by atoms with Gasteiger partial charge in [-0.25, -0.2) is 9.37 Å². The minimum absolute atomic E-state index is 0.260. The summed E-state index contributed by atoms with van der Waals surface area (Å²) in [7, 11) is 0. The van der Waals surface area contributed by atoms with Gasteiger partial charge in [-0.3, -0.25) is 4.79 Å². The normalized spacial score (nSPS) is 11.4. The smallest absolute Gasteiger partial charge is 0.270 e. The first-order chi connectivity index (χ1) is 9.85. The van der Waals surface area contributed by atoms with Gasteiger partial charge >= 0.3 is 0 Å². The highest BCUT2D eigenvalue weighted by molar-refractivity contribution is 7.09. The van der Waals surface area contributed by atoms with E-state index in [4.69, 9.17) is 5.73 Å². The molecule has 4 nitrogen and oxygen atoms in total. The number of nitrogens with two attached hydrogens (primary N) is 1. The van der Waals surface area contributed by atoms with Crippen LogP contribution in [0.4, 0.5) is 4.39 Å². The number of aromatic nitrogens is 1. The molecule has 112 valence electrons. The van der Waals surface area contributed by atoms with Crippen molar-refractivity contribution in [2.45, 2.75) is 25.8 Å². The van der Waals surface area contributed by atoms with Crippen molar-refractivity contribution in [2.24, 2.45) is 5.73 Å². The van der Waals surface area contributed by atoms with E-state index in [9.17, 15) is 9.18 Å². The van der Waals surface area contributed by atoms with E-state index in [1.54, 1.807) is 23.6 Å². The Labute approximate surface area is 127 Å². The molecule has 0 aliphatic heterocycles. The fraction of sp³-hybridized carbons (Fsp3) is 0.333. The highest BCUT2D eigenvalue weighted by Gasteiger charge is 2.16. The number of benzene rings is 1. The standard InChI is InChI=1S/C15H18FN3OS/c1-15(2,17)9-18-14(20)12-8-21-13(19-12)7-10-5-3-4-6-11(10)16/h3-6,8H,7,9,17H2,1-2H3,(H,18,20). The molecular formula is C15H18FN3OS. The lowest BCUT2D eigenvalue weighted by molar-refractivity contribution is 0.0941. The number of nitrogens with zero attached hydrogens (tertiary/aromatic N) is 1. The van der Waals surface area contributed by atoms with Crippen molar-refractivity contribution in [2.75, 3.05) is 6.54 Å². The second-order valence-corrected chi connectivity index (χ2v) is 6.51. The quantitative estimate of drug-likeness (QED) is 0.891. The van der Waals surface area contributed by atoms with Crippen LogP contribution in [0, 0.1) is 5.82 Å². The monoisotopic (exact) mass is 307 g/mol. The van der Waals surface area contributed by atoms with Gasteiger partial charge in [0.1, 0.15) is 11.5 Å². The number of amides is 1. The molecule has 21 heavy (non-hydrogen) atoms. The number of hydrogen-bond donors (Lipinski definition) is 2. The maximum atomic E-state index is 13.6. The first kappa shape index (κ1) is 15.6. The van der Waals surface area contributed by atoms with E-state index in [0.29, 0.717) is 29.2 Å². The Bertz CT molecular complexity index is 634. The lowest BCUT2D eigenvalue weighted by Crippen LogP contribution is -2.45. The van der Waals surface area contributed by atoms with Crippen molar-refractivity contribution in [3.05, 3.63) is 51.7 Å². The van der Waals surface area contributed by atoms with Gasteiger partial charge in [0.25, 0.3) is 5.91 Å². The number of halogens is 1. The van der Waals surface area contributed by atoms with Crippen LogP contribution >= 0.6 is 11.3 Å². The Morgan fingerprint density at radius 1 is 1.43 bits per heavy atom. The Balaban J connectivity index is 2.01. The molecule has 0 atom stereocenters. The van der Waals surface area contributed by atoms with Crippen LogP contribution in [0.25, 0.3) is 0 Å². The summed E-state index contributed by atoms with van der Waals surface area (Å²) < 4.78 is 13.6. The number of thiazole rings is 1. The average Bonchev–Trinajstić information content (AvgIpc) is 2.86. The van der Waals surface area contributed by atoms with Gasteiger partial charge in [0.15, 0.2) is 0 Å². The van der Waals surface area contributed by atoms with Crippen LogP contribution in [0.15, 0.2) is 29.6 Å². The van der Waals surface area contributed by atoms with E-state index in [2.05, 4.69) is 10.3 Å². The Kier molecular flexibility index (Phi) is 4.69. The summed E-state index contributed by atoms with van der Waals surface area (Å²) >= 11 is 1.34. The number of carbonyl (C=O) groups is 1. The van der Waals surface area contributed by atoms with Crippen molar-refractivity contribution in [3.63, 3.8) is 0 Å². The lowest BCUT2D eigenvalue weighted by Gasteiger charge is -2.18. The highest BCUT2D eigenvalue weighted by Crippen LogP contribution is 2.17. The van der Waals surface area contributed by atoms with E-state index < -0.39 is 5.54 Å². The van der Waals surface area contributed by atoms with Crippen LogP contribution < -0.4 is 11.1 Å². The van der Waals surface area contributed by atoms with E-state index in [-0.39, 0.29) is 11.7 Å². The first-order valence-electron chi connectivity index (χ1n) is 6.60. The molecular weight excluding hydrogens is 289 g/mol. The van der Waals surface area contributed by atoms with Gasteiger partial charge in [0.2, 0.25) is 0 Å². The SMILES string of the molecule is CC(C)(N)CNC(=O)c1csc(Cc2ccccc2F)n1. The Morgan fingerprint density at radius 3 is 2.81 bits per heavy atom. The van der Waals surface area contributed by atoms with Gasteiger partial charge in [-0.2, -0.15) is 0 Å². The topological polar surface area (TPSA) is 68.0 Å². The zero-order valence-electron chi connectivity index (χ0n) is 12.0. The predicted octanol–water partition coefficient (Wildman–Crippen LogP) is 2.34. The van der Waals surface area contributed by atoms with Crippen LogP contribution in [-0.4, -0.2) is 23.0 Å². The average molecular weight is 307 g/mol. The number of carbonyl (C=O) groups excluding carboxylic acids is 1. The third-order valence-corrected chi connectivity index (χ3v) is 3.64. The van der Waals surface area contributed by atoms with Crippen LogP contribution in [0.5, 0.6) is 0 Å². The van der Waals surface area contributed by atoms with Crippen LogP contribution in [0.3, 0.4) is 0 Å². The second kappa shape index (κ2) is 6.32. The minimum Gasteiger partial charge on any atom is -0.349 e. The van der Waals surface area contributed by atoms with Crippen molar-refractivity contribution < 1.29 is 9.18 Å². The summed E-state index contributed by atoms with van der Waals surface area (Å²) in [4.78, 5) is 16.2. The molecule has 1 heterocycles. The summed E-state index contributed by atoms with van der Waals surface area (Å²) in [6.07, 6.45) is 0.382. The zero-order valence-corrected chi connectivity index (χ0v) is 12.8. The molecule has 0 aliphatic carbocycles. The zero-order chi connectivity index (χ0) is 15.5. The summed E-state index contributed by atoms with van der Waals surface area (Å²) in [5.41, 5.74) is 6.26. The van der Waals surface area contributed by atoms with Crippen molar-refractivity contribution >= 4 is 17.2 Å². The molecule has 1 aromatic carbocycles. The molecule has 6 heteroatoms. The van der Waals surface area contributed by atoms with Gasteiger partial charge in [-0.05, 0) is 25.5 Å². The van der Waals surface area contributed by atoms with Crippen LogP contribution in [-0.2, 0) is 6.42 Å². The van der Waals surface area contributed by atoms with E-state index in [0.717, 1.165) is 0 Å². The summed E-state index contributed by atoms with van der Waals surface area (Å²) in [6.45, 7) is 4.03. The van der Waals surface area contributed by atoms with E-state index in [1.807, 2.05) is 13.8 Å². The van der Waals surface area contributed by atoms with Crippen LogP contribution in [0.1, 0.15) is 34.9 Å². The second-order valence-electron chi connectivity index (χ2n) is 5.57. The molecule has 2 rings (SSSR count). The lowest BCUT2D eigenvalue weighted by atomic mass is 10.1. The fourth-order valence-electron chi connectivity index (χ4n) is 1.70.